The summed E-state index contributed by atoms with van der Waals surface area (Å²) in [6, 6.07) is 13.1. The van der Waals surface area contributed by atoms with Crippen molar-refractivity contribution in [3.8, 4) is 0 Å². The van der Waals surface area contributed by atoms with Crippen LogP contribution in [0.2, 0.25) is 0 Å². The summed E-state index contributed by atoms with van der Waals surface area (Å²) >= 11 is 0. The van der Waals surface area contributed by atoms with Gasteiger partial charge in [-0.3, -0.25) is 4.90 Å². The molecule has 0 saturated carbocycles. The molecule has 0 atom stereocenters. The molecule has 0 amide bonds. The maximum Gasteiger partial charge on any atom is 0.134 e. The molecule has 128 valence electrons. The van der Waals surface area contributed by atoms with Crippen LogP contribution in [0.4, 0.5) is 11.6 Å². The van der Waals surface area contributed by atoms with Gasteiger partial charge in [-0.05, 0) is 26.3 Å². The molecular formula is C19H27N5. The van der Waals surface area contributed by atoms with Gasteiger partial charge < -0.3 is 10.2 Å². The summed E-state index contributed by atoms with van der Waals surface area (Å²) in [5, 5.41) is 3.38. The lowest BCUT2D eigenvalue weighted by molar-refractivity contribution is 0.249. The summed E-state index contributed by atoms with van der Waals surface area (Å²) in [7, 11) is 0. The van der Waals surface area contributed by atoms with Crippen LogP contribution in [0.25, 0.3) is 0 Å². The van der Waals surface area contributed by atoms with E-state index in [1.807, 2.05) is 6.92 Å². The third-order valence-corrected chi connectivity index (χ3v) is 4.21. The highest BCUT2D eigenvalue weighted by molar-refractivity contribution is 5.50. The minimum atomic E-state index is 0.370. The number of benzene rings is 1. The van der Waals surface area contributed by atoms with Gasteiger partial charge >= 0.3 is 0 Å². The smallest absolute Gasteiger partial charge is 0.134 e. The average Bonchev–Trinajstić information content (AvgIpc) is 2.55. The van der Waals surface area contributed by atoms with E-state index >= 15 is 0 Å². The molecule has 2 aromatic rings. The van der Waals surface area contributed by atoms with Crippen molar-refractivity contribution < 1.29 is 0 Å². The standard InChI is InChI=1S/C19H27N5/c1-15(2)20-18-13-19(22-16(3)21-18)24-11-9-23(10-12-24)14-17-7-5-4-6-8-17/h4-8,13,15H,9-12,14H2,1-3H3,(H,20,21,22). The second-order valence-electron chi connectivity index (χ2n) is 6.71. The number of rotatable bonds is 5. The number of hydrogen-bond donors (Lipinski definition) is 1. The molecule has 1 fully saturated rings. The number of aromatic nitrogens is 2. The SMILES string of the molecule is Cc1nc(NC(C)C)cc(N2CCN(Cc3ccccc3)CC2)n1. The normalized spacial score (nSPS) is 15.8. The van der Waals surface area contributed by atoms with Gasteiger partial charge in [-0.25, -0.2) is 9.97 Å². The Hall–Kier alpha value is -2.14. The quantitative estimate of drug-likeness (QED) is 0.916. The Morgan fingerprint density at radius 1 is 1.04 bits per heavy atom. The van der Waals surface area contributed by atoms with Gasteiger partial charge in [-0.2, -0.15) is 0 Å². The number of nitrogens with one attached hydrogen (secondary N) is 1. The van der Waals surface area contributed by atoms with Crippen LogP contribution in [0, 0.1) is 6.92 Å². The van der Waals surface area contributed by atoms with Gasteiger partial charge in [0.05, 0.1) is 0 Å². The topological polar surface area (TPSA) is 44.3 Å². The van der Waals surface area contributed by atoms with E-state index in [1.165, 1.54) is 5.56 Å². The van der Waals surface area contributed by atoms with Gasteiger partial charge in [-0.1, -0.05) is 30.3 Å². The Labute approximate surface area is 144 Å². The molecule has 1 aliphatic heterocycles. The average molecular weight is 325 g/mol. The largest absolute Gasteiger partial charge is 0.368 e. The summed E-state index contributed by atoms with van der Waals surface area (Å²) in [4.78, 5) is 14.0. The molecule has 0 aliphatic carbocycles. The van der Waals surface area contributed by atoms with Crippen LogP contribution in [0.1, 0.15) is 25.2 Å². The van der Waals surface area contributed by atoms with Crippen molar-refractivity contribution in [3.05, 3.63) is 47.8 Å². The highest BCUT2D eigenvalue weighted by Crippen LogP contribution is 2.19. The molecule has 1 N–H and O–H groups in total. The van der Waals surface area contributed by atoms with Crippen molar-refractivity contribution in [2.45, 2.75) is 33.4 Å². The molecule has 5 heteroatoms. The number of aryl methyl sites for hydroxylation is 1. The van der Waals surface area contributed by atoms with Crippen LogP contribution in [0.15, 0.2) is 36.4 Å². The predicted molar refractivity (Wildman–Crippen MR) is 99.5 cm³/mol. The molecular weight excluding hydrogens is 298 g/mol. The number of anilines is 2. The molecule has 3 rings (SSSR count). The van der Waals surface area contributed by atoms with E-state index in [4.69, 9.17) is 0 Å². The Morgan fingerprint density at radius 3 is 2.42 bits per heavy atom. The summed E-state index contributed by atoms with van der Waals surface area (Å²) < 4.78 is 0. The summed E-state index contributed by atoms with van der Waals surface area (Å²) in [6.45, 7) is 11.4. The van der Waals surface area contributed by atoms with Crippen molar-refractivity contribution in [1.82, 2.24) is 14.9 Å². The molecule has 0 spiro atoms. The lowest BCUT2D eigenvalue weighted by Gasteiger charge is -2.35. The third kappa shape index (κ3) is 4.45. The highest BCUT2D eigenvalue weighted by atomic mass is 15.3. The second-order valence-corrected chi connectivity index (χ2v) is 6.71. The fourth-order valence-electron chi connectivity index (χ4n) is 3.06. The van der Waals surface area contributed by atoms with E-state index in [1.54, 1.807) is 0 Å². The zero-order chi connectivity index (χ0) is 16.9. The van der Waals surface area contributed by atoms with Crippen molar-refractivity contribution >= 4 is 11.6 Å². The molecule has 0 bridgehead atoms. The fourth-order valence-corrected chi connectivity index (χ4v) is 3.06. The molecule has 5 nitrogen and oxygen atoms in total. The maximum atomic E-state index is 4.63. The van der Waals surface area contributed by atoms with E-state index < -0.39 is 0 Å². The first kappa shape index (κ1) is 16.7. The van der Waals surface area contributed by atoms with Crippen molar-refractivity contribution in [3.63, 3.8) is 0 Å². The van der Waals surface area contributed by atoms with Gasteiger partial charge in [-0.15, -0.1) is 0 Å². The highest BCUT2D eigenvalue weighted by Gasteiger charge is 2.19. The monoisotopic (exact) mass is 325 g/mol. The zero-order valence-corrected chi connectivity index (χ0v) is 14.9. The van der Waals surface area contributed by atoms with Crippen LogP contribution < -0.4 is 10.2 Å². The first-order valence-corrected chi connectivity index (χ1v) is 8.73. The number of hydrogen-bond acceptors (Lipinski definition) is 5. The Kier molecular flexibility index (Phi) is 5.30. The van der Waals surface area contributed by atoms with Gasteiger partial charge in [0.15, 0.2) is 0 Å². The molecule has 24 heavy (non-hydrogen) atoms. The van der Waals surface area contributed by atoms with E-state index in [9.17, 15) is 0 Å². The predicted octanol–water partition coefficient (Wildman–Crippen LogP) is 2.93. The summed E-state index contributed by atoms with van der Waals surface area (Å²) in [5.74, 6) is 2.77. The van der Waals surface area contributed by atoms with E-state index in [0.29, 0.717) is 6.04 Å². The van der Waals surface area contributed by atoms with Crippen LogP contribution in [-0.4, -0.2) is 47.1 Å². The summed E-state index contributed by atoms with van der Waals surface area (Å²) in [6.07, 6.45) is 0. The minimum absolute atomic E-state index is 0.370. The molecule has 0 radical (unpaired) electrons. The van der Waals surface area contributed by atoms with Gasteiger partial charge in [0.25, 0.3) is 0 Å². The van der Waals surface area contributed by atoms with Crippen molar-refractivity contribution in [1.29, 1.82) is 0 Å². The van der Waals surface area contributed by atoms with Crippen LogP contribution in [-0.2, 0) is 6.54 Å². The zero-order valence-electron chi connectivity index (χ0n) is 14.9. The Bertz CT molecular complexity index is 648. The number of nitrogens with zero attached hydrogens (tertiary/aromatic N) is 4. The van der Waals surface area contributed by atoms with E-state index in [2.05, 4.69) is 75.3 Å². The lowest BCUT2D eigenvalue weighted by Crippen LogP contribution is -2.46. The van der Waals surface area contributed by atoms with E-state index in [0.717, 1.165) is 50.2 Å². The fraction of sp³-hybridized carbons (Fsp3) is 0.474. The summed E-state index contributed by atoms with van der Waals surface area (Å²) in [5.41, 5.74) is 1.38. The van der Waals surface area contributed by atoms with Gasteiger partial charge in [0.2, 0.25) is 0 Å². The Balaban J connectivity index is 1.61. The van der Waals surface area contributed by atoms with Crippen LogP contribution >= 0.6 is 0 Å². The van der Waals surface area contributed by atoms with Gasteiger partial charge in [0, 0.05) is 44.8 Å². The van der Waals surface area contributed by atoms with Crippen LogP contribution in [0.5, 0.6) is 0 Å². The van der Waals surface area contributed by atoms with Crippen LogP contribution in [0.3, 0.4) is 0 Å². The number of piperazine rings is 1. The first-order chi connectivity index (χ1) is 11.6. The molecule has 1 saturated heterocycles. The molecule has 1 aromatic heterocycles. The second kappa shape index (κ2) is 7.62. The maximum absolute atomic E-state index is 4.63. The van der Waals surface area contributed by atoms with Gasteiger partial charge in [0.1, 0.15) is 17.5 Å². The minimum Gasteiger partial charge on any atom is -0.368 e. The van der Waals surface area contributed by atoms with E-state index in [-0.39, 0.29) is 0 Å². The van der Waals surface area contributed by atoms with Crippen molar-refractivity contribution in [2.75, 3.05) is 36.4 Å². The third-order valence-electron chi connectivity index (χ3n) is 4.21. The lowest BCUT2D eigenvalue weighted by atomic mass is 10.2. The molecule has 2 heterocycles. The molecule has 1 aliphatic rings. The first-order valence-electron chi connectivity index (χ1n) is 8.73. The molecule has 0 unspecified atom stereocenters. The Morgan fingerprint density at radius 2 is 1.75 bits per heavy atom. The van der Waals surface area contributed by atoms with Crippen molar-refractivity contribution in [2.24, 2.45) is 0 Å². The molecule has 1 aromatic carbocycles.